The molecule has 0 fully saturated rings. The lowest BCUT2D eigenvalue weighted by Crippen LogP contribution is -2.25. The number of hydrogen-bond acceptors (Lipinski definition) is 5. The van der Waals surface area contributed by atoms with E-state index in [2.05, 4.69) is 19.9 Å². The minimum Gasteiger partial charge on any atom is -0.484 e. The average Bonchev–Trinajstić information content (AvgIpc) is 2.88. The van der Waals surface area contributed by atoms with Crippen molar-refractivity contribution in [2.24, 2.45) is 0 Å². The number of ether oxygens (including phenoxy) is 1. The highest BCUT2D eigenvalue weighted by Crippen LogP contribution is 2.46. The lowest BCUT2D eigenvalue weighted by molar-refractivity contribution is -0.116. The third-order valence-electron chi connectivity index (χ3n) is 5.47. The fraction of sp³-hybridized carbons (Fsp3) is 0.348. The Morgan fingerprint density at radius 2 is 1.83 bits per heavy atom. The Hall–Kier alpha value is -2.64. The molecule has 0 bridgehead atoms. The summed E-state index contributed by atoms with van der Waals surface area (Å²) in [6.07, 6.45) is 1.59. The molecule has 1 aliphatic rings. The molecule has 1 heterocycles. The predicted molar refractivity (Wildman–Crippen MR) is 119 cm³/mol. The van der Waals surface area contributed by atoms with Crippen molar-refractivity contribution in [1.82, 2.24) is 4.31 Å². The van der Waals surface area contributed by atoms with Crippen LogP contribution in [0.5, 0.6) is 5.75 Å². The normalized spacial score (nSPS) is 16.8. The van der Waals surface area contributed by atoms with E-state index >= 15 is 0 Å². The summed E-state index contributed by atoms with van der Waals surface area (Å²) in [4.78, 5) is 14.8. The van der Waals surface area contributed by atoms with Gasteiger partial charge in [-0.1, -0.05) is 38.1 Å². The smallest absolute Gasteiger partial charge is 0.246 e. The molecule has 0 spiro atoms. The number of allylic oxidation sites excluding steroid dienone is 1. The highest BCUT2D eigenvalue weighted by atomic mass is 32.2. The van der Waals surface area contributed by atoms with Crippen LogP contribution in [0.15, 0.2) is 59.1 Å². The SMILES string of the molecule is Cc1ccc(OCC(=O)/C=C2\N(C)c3ccccc3C2(C)C)c(S(=O)(=O)N(C)C)c1. The van der Waals surface area contributed by atoms with Crippen LogP contribution in [0.3, 0.4) is 0 Å². The third-order valence-corrected chi connectivity index (χ3v) is 7.30. The van der Waals surface area contributed by atoms with Crippen LogP contribution in [0.4, 0.5) is 5.69 Å². The number of benzene rings is 2. The first-order valence-electron chi connectivity index (χ1n) is 9.70. The highest BCUT2D eigenvalue weighted by molar-refractivity contribution is 7.89. The lowest BCUT2D eigenvalue weighted by Gasteiger charge is -2.24. The Labute approximate surface area is 178 Å². The van der Waals surface area contributed by atoms with E-state index in [1.54, 1.807) is 24.3 Å². The van der Waals surface area contributed by atoms with Gasteiger partial charge in [-0.3, -0.25) is 4.79 Å². The van der Waals surface area contributed by atoms with Gasteiger partial charge in [-0.25, -0.2) is 12.7 Å². The molecule has 3 rings (SSSR count). The third kappa shape index (κ3) is 3.87. The number of carbonyl (C=O) groups excluding carboxylic acids is 1. The Morgan fingerprint density at radius 3 is 2.47 bits per heavy atom. The van der Waals surface area contributed by atoms with Gasteiger partial charge >= 0.3 is 0 Å². The van der Waals surface area contributed by atoms with Gasteiger partial charge in [0, 0.05) is 44.0 Å². The second-order valence-electron chi connectivity index (χ2n) is 8.22. The summed E-state index contributed by atoms with van der Waals surface area (Å²) < 4.78 is 32.0. The van der Waals surface area contributed by atoms with E-state index in [1.807, 2.05) is 37.1 Å². The van der Waals surface area contributed by atoms with Crippen molar-refractivity contribution in [3.63, 3.8) is 0 Å². The van der Waals surface area contributed by atoms with Gasteiger partial charge in [-0.2, -0.15) is 0 Å². The first-order chi connectivity index (χ1) is 14.0. The van der Waals surface area contributed by atoms with Crippen LogP contribution in [0.1, 0.15) is 25.0 Å². The molecule has 0 saturated carbocycles. The van der Waals surface area contributed by atoms with Crippen molar-refractivity contribution in [2.75, 3.05) is 32.6 Å². The van der Waals surface area contributed by atoms with Crippen LogP contribution in [-0.2, 0) is 20.2 Å². The number of para-hydroxylation sites is 1. The second-order valence-corrected chi connectivity index (χ2v) is 10.3. The van der Waals surface area contributed by atoms with E-state index in [0.717, 1.165) is 26.8 Å². The predicted octanol–water partition coefficient (Wildman–Crippen LogP) is 3.50. The van der Waals surface area contributed by atoms with Crippen LogP contribution in [0.2, 0.25) is 0 Å². The Kier molecular flexibility index (Phi) is 5.80. The molecule has 0 aliphatic carbocycles. The molecule has 2 aromatic carbocycles. The van der Waals surface area contributed by atoms with E-state index in [-0.39, 0.29) is 28.5 Å². The van der Waals surface area contributed by atoms with Gasteiger partial charge in [0.05, 0.1) is 0 Å². The van der Waals surface area contributed by atoms with E-state index < -0.39 is 10.0 Å². The molecule has 6 nitrogen and oxygen atoms in total. The van der Waals surface area contributed by atoms with Gasteiger partial charge in [0.2, 0.25) is 10.0 Å². The topological polar surface area (TPSA) is 66.9 Å². The summed E-state index contributed by atoms with van der Waals surface area (Å²) >= 11 is 0. The number of carbonyl (C=O) groups is 1. The summed E-state index contributed by atoms with van der Waals surface area (Å²) in [5.74, 6) is -0.0603. The number of hydrogen-bond donors (Lipinski definition) is 0. The number of ketones is 1. The number of anilines is 1. The van der Waals surface area contributed by atoms with Gasteiger partial charge in [0.1, 0.15) is 10.6 Å². The highest BCUT2D eigenvalue weighted by Gasteiger charge is 2.38. The maximum absolute atomic E-state index is 12.7. The molecule has 1 aliphatic heterocycles. The first kappa shape index (κ1) is 22.1. The van der Waals surface area contributed by atoms with Gasteiger partial charge < -0.3 is 9.64 Å². The van der Waals surface area contributed by atoms with E-state index in [1.165, 1.54) is 14.1 Å². The molecule has 30 heavy (non-hydrogen) atoms. The van der Waals surface area contributed by atoms with Crippen molar-refractivity contribution < 1.29 is 17.9 Å². The zero-order chi connectivity index (χ0) is 22.3. The zero-order valence-electron chi connectivity index (χ0n) is 18.3. The summed E-state index contributed by atoms with van der Waals surface area (Å²) in [7, 11) is 1.18. The van der Waals surface area contributed by atoms with E-state index in [0.29, 0.717) is 0 Å². The van der Waals surface area contributed by atoms with Crippen LogP contribution < -0.4 is 9.64 Å². The van der Waals surface area contributed by atoms with Gasteiger partial charge in [-0.15, -0.1) is 0 Å². The number of aryl methyl sites for hydroxylation is 1. The van der Waals surface area contributed by atoms with Crippen molar-refractivity contribution in [3.05, 3.63) is 65.4 Å². The van der Waals surface area contributed by atoms with Gasteiger partial charge in [0.15, 0.2) is 12.4 Å². The minimum atomic E-state index is -3.69. The zero-order valence-corrected chi connectivity index (χ0v) is 19.1. The van der Waals surface area contributed by atoms with Gasteiger partial charge in [0.25, 0.3) is 0 Å². The largest absolute Gasteiger partial charge is 0.484 e. The molecule has 160 valence electrons. The maximum atomic E-state index is 12.7. The summed E-state index contributed by atoms with van der Waals surface area (Å²) in [5.41, 5.74) is 3.58. The summed E-state index contributed by atoms with van der Waals surface area (Å²) in [5, 5.41) is 0. The van der Waals surface area contributed by atoms with Crippen molar-refractivity contribution in [1.29, 1.82) is 0 Å². The number of fused-ring (bicyclic) bond motifs is 1. The lowest BCUT2D eigenvalue weighted by atomic mass is 9.83. The molecule has 0 unspecified atom stereocenters. The first-order valence-corrected chi connectivity index (χ1v) is 11.1. The minimum absolute atomic E-state index is 0.0543. The molecule has 0 N–H and O–H groups in total. The molecule has 0 radical (unpaired) electrons. The average molecular weight is 429 g/mol. The fourth-order valence-electron chi connectivity index (χ4n) is 3.73. The molecule has 7 heteroatoms. The molecule has 0 saturated heterocycles. The maximum Gasteiger partial charge on any atom is 0.246 e. The summed E-state index contributed by atoms with van der Waals surface area (Å²) in [6.45, 7) is 5.72. The Balaban J connectivity index is 1.84. The van der Waals surface area contributed by atoms with Crippen LogP contribution in [0, 0.1) is 6.92 Å². The standard InChI is InChI=1S/C23H28N2O4S/c1-16-11-12-20(21(13-16)30(27,28)24(4)5)29-15-17(26)14-22-23(2,3)18-9-7-8-10-19(18)25(22)6/h7-14H,15H2,1-6H3/b22-14-. The van der Waals surface area contributed by atoms with Crippen LogP contribution >= 0.6 is 0 Å². The molecule has 0 aromatic heterocycles. The van der Waals surface area contributed by atoms with E-state index in [4.69, 9.17) is 4.74 Å². The summed E-state index contributed by atoms with van der Waals surface area (Å²) in [6, 6.07) is 13.0. The Bertz CT molecular complexity index is 1120. The number of nitrogens with zero attached hydrogens (tertiary/aromatic N) is 2. The van der Waals surface area contributed by atoms with Crippen LogP contribution in [0.25, 0.3) is 0 Å². The molecule has 0 atom stereocenters. The van der Waals surface area contributed by atoms with Gasteiger partial charge in [-0.05, 0) is 36.2 Å². The molecule has 0 amide bonds. The number of likely N-dealkylation sites (N-methyl/N-ethyl adjacent to an activating group) is 1. The van der Waals surface area contributed by atoms with Crippen LogP contribution in [-0.4, -0.2) is 46.3 Å². The monoisotopic (exact) mass is 428 g/mol. The van der Waals surface area contributed by atoms with Crippen molar-refractivity contribution in [3.8, 4) is 5.75 Å². The number of sulfonamides is 1. The quantitative estimate of drug-likeness (QED) is 0.659. The molecular weight excluding hydrogens is 400 g/mol. The fourth-order valence-corrected chi connectivity index (χ4v) is 4.84. The Morgan fingerprint density at radius 1 is 1.17 bits per heavy atom. The number of rotatable bonds is 6. The van der Waals surface area contributed by atoms with E-state index in [9.17, 15) is 13.2 Å². The van der Waals surface area contributed by atoms with Crippen molar-refractivity contribution in [2.45, 2.75) is 31.1 Å². The molecular formula is C23H28N2O4S. The molecule has 2 aromatic rings. The second kappa shape index (κ2) is 7.89. The van der Waals surface area contributed by atoms with Crippen molar-refractivity contribution >= 4 is 21.5 Å².